The summed E-state index contributed by atoms with van der Waals surface area (Å²) in [7, 11) is 1.69. The minimum atomic E-state index is 0. The van der Waals surface area contributed by atoms with Crippen LogP contribution < -0.4 is 0 Å². The minimum Gasteiger partial charge on any atom is -0.694 e. The molecule has 0 aromatic carbocycles. The van der Waals surface area contributed by atoms with Crippen LogP contribution in [0.25, 0.3) is 5.32 Å². The topological polar surface area (TPSA) is 14.1 Å². The summed E-state index contributed by atoms with van der Waals surface area (Å²) in [5.74, 6) is 0. The molecule has 0 spiro atoms. The van der Waals surface area contributed by atoms with Crippen molar-refractivity contribution in [3.05, 3.63) is 18.1 Å². The Balaban J connectivity index is 0. The van der Waals surface area contributed by atoms with Gasteiger partial charge < -0.3 is 5.32 Å². The van der Waals surface area contributed by atoms with Crippen molar-refractivity contribution in [2.45, 2.75) is 0 Å². The molecule has 5 heavy (non-hydrogen) atoms. The van der Waals surface area contributed by atoms with Crippen molar-refractivity contribution in [2.75, 3.05) is 7.05 Å². The molecule has 0 aliphatic carbocycles. The van der Waals surface area contributed by atoms with Gasteiger partial charge in [-0.3, -0.25) is 0 Å². The zero-order valence-corrected chi connectivity index (χ0v) is 6.15. The third-order valence-corrected chi connectivity index (χ3v) is 0.183. The molecule has 0 fully saturated rings. The van der Waals surface area contributed by atoms with Crippen LogP contribution in [0.4, 0.5) is 0 Å². The second-order valence-corrected chi connectivity index (χ2v) is 0.441. The third kappa shape index (κ3) is 12.0. The zero-order chi connectivity index (χ0) is 3.41. The van der Waals surface area contributed by atoms with Gasteiger partial charge in [0.05, 0.1) is 0 Å². The van der Waals surface area contributed by atoms with E-state index in [9.17, 15) is 0 Å². The maximum Gasteiger partial charge on any atom is 0 e. The quantitative estimate of drug-likeness (QED) is 0.525. The monoisotopic (exact) mass is 145 g/mol. The van der Waals surface area contributed by atoms with Gasteiger partial charge in [0, 0.05) is 32.7 Å². The first-order valence-corrected chi connectivity index (χ1v) is 1.11. The molecule has 27 valence electrons. The fourth-order valence-corrected chi connectivity index (χ4v) is 0. The Hall–Kier alpha value is 0.644. The molecular weight excluding hydrogens is 139 g/mol. The first-order chi connectivity index (χ1) is 1.91. The summed E-state index contributed by atoms with van der Waals surface area (Å²) in [6.07, 6.45) is 1.50. The molecule has 0 saturated carbocycles. The molecule has 0 amide bonds. The van der Waals surface area contributed by atoms with Gasteiger partial charge in [-0.25, -0.2) is 0 Å². The van der Waals surface area contributed by atoms with Crippen molar-refractivity contribution in [3.8, 4) is 0 Å². The van der Waals surface area contributed by atoms with Gasteiger partial charge in [0.1, 0.15) is 0 Å². The number of nitrogens with zero attached hydrogens (tertiary/aromatic N) is 1. The Morgan fingerprint density at radius 1 is 1.80 bits per heavy atom. The van der Waals surface area contributed by atoms with E-state index >= 15 is 0 Å². The molecule has 0 heterocycles. The Bertz CT molecular complexity index is 20.9. The summed E-state index contributed by atoms with van der Waals surface area (Å²) in [6.45, 7) is 3.31. The second-order valence-electron chi connectivity index (χ2n) is 0.441. The summed E-state index contributed by atoms with van der Waals surface area (Å²) >= 11 is 0. The van der Waals surface area contributed by atoms with Crippen molar-refractivity contribution >= 4 is 0 Å². The Morgan fingerprint density at radius 3 is 2.00 bits per heavy atom. The number of rotatable bonds is 1. The van der Waals surface area contributed by atoms with Crippen LogP contribution in [0.5, 0.6) is 0 Å². The molecule has 0 aliphatic rings. The molecular formula is C3H6NY-. The van der Waals surface area contributed by atoms with Crippen LogP contribution in [-0.4, -0.2) is 7.05 Å². The molecule has 0 aromatic heterocycles. The van der Waals surface area contributed by atoms with Crippen molar-refractivity contribution in [1.82, 2.24) is 0 Å². The molecule has 0 N–H and O–H groups in total. The van der Waals surface area contributed by atoms with Crippen molar-refractivity contribution in [1.29, 1.82) is 0 Å². The van der Waals surface area contributed by atoms with E-state index in [1.165, 1.54) is 6.20 Å². The maximum absolute atomic E-state index is 3.50. The van der Waals surface area contributed by atoms with Gasteiger partial charge in [0.25, 0.3) is 0 Å². The van der Waals surface area contributed by atoms with Crippen LogP contribution in [-0.2, 0) is 32.7 Å². The second kappa shape index (κ2) is 8.82. The molecule has 0 rings (SSSR count). The summed E-state index contributed by atoms with van der Waals surface area (Å²) in [4.78, 5) is 0. The Kier molecular flexibility index (Phi) is 16.2. The van der Waals surface area contributed by atoms with Crippen molar-refractivity contribution in [2.24, 2.45) is 0 Å². The standard InChI is InChI=1S/C3H6N.Y/c1-3-4-2;/h3H,1H2,2H3;/q-1;. The largest absolute Gasteiger partial charge is 0.694 e. The van der Waals surface area contributed by atoms with E-state index in [-0.39, 0.29) is 32.7 Å². The Labute approximate surface area is 57.7 Å². The van der Waals surface area contributed by atoms with E-state index in [1.54, 1.807) is 7.05 Å². The first-order valence-electron chi connectivity index (χ1n) is 1.11. The van der Waals surface area contributed by atoms with Gasteiger partial charge in [-0.2, -0.15) is 6.20 Å². The molecule has 0 unspecified atom stereocenters. The molecule has 0 aromatic rings. The fourth-order valence-electron chi connectivity index (χ4n) is 0. The van der Waals surface area contributed by atoms with Gasteiger partial charge in [0.2, 0.25) is 0 Å². The van der Waals surface area contributed by atoms with E-state index in [0.29, 0.717) is 0 Å². The number of hydrogen-bond donors (Lipinski definition) is 0. The summed E-state index contributed by atoms with van der Waals surface area (Å²) in [6, 6.07) is 0. The van der Waals surface area contributed by atoms with Crippen LogP contribution in [0.15, 0.2) is 12.8 Å². The van der Waals surface area contributed by atoms with Crippen LogP contribution in [0, 0.1) is 0 Å². The maximum atomic E-state index is 3.50. The third-order valence-electron chi connectivity index (χ3n) is 0.183. The van der Waals surface area contributed by atoms with Gasteiger partial charge in [-0.15, -0.1) is 13.6 Å². The molecule has 0 aliphatic heterocycles. The van der Waals surface area contributed by atoms with Crippen LogP contribution >= 0.6 is 0 Å². The van der Waals surface area contributed by atoms with Crippen LogP contribution in [0.2, 0.25) is 0 Å². The van der Waals surface area contributed by atoms with Gasteiger partial charge in [-0.1, -0.05) is 0 Å². The summed E-state index contributed by atoms with van der Waals surface area (Å²) in [5.41, 5.74) is 0. The SMILES string of the molecule is C=C[N-]C.[Y]. The first kappa shape index (κ1) is 9.17. The normalized spacial score (nSPS) is 4.20. The molecule has 2 heteroatoms. The van der Waals surface area contributed by atoms with Crippen LogP contribution in [0.3, 0.4) is 0 Å². The van der Waals surface area contributed by atoms with Crippen molar-refractivity contribution in [3.63, 3.8) is 0 Å². The van der Waals surface area contributed by atoms with Gasteiger partial charge in [-0.05, 0) is 0 Å². The predicted octanol–water partition coefficient (Wildman–Crippen LogP) is 1.13. The Morgan fingerprint density at radius 2 is 2.00 bits per heavy atom. The van der Waals surface area contributed by atoms with Crippen LogP contribution in [0.1, 0.15) is 0 Å². The molecule has 1 nitrogen and oxygen atoms in total. The number of hydrogen-bond acceptors (Lipinski definition) is 0. The summed E-state index contributed by atoms with van der Waals surface area (Å²) in [5, 5.41) is 3.50. The van der Waals surface area contributed by atoms with Gasteiger partial charge >= 0.3 is 0 Å². The molecule has 0 saturated heterocycles. The smallest absolute Gasteiger partial charge is 0 e. The minimum absolute atomic E-state index is 0. The molecule has 1 radical (unpaired) electrons. The molecule has 0 atom stereocenters. The van der Waals surface area contributed by atoms with E-state index < -0.39 is 0 Å². The average molecular weight is 145 g/mol. The summed E-state index contributed by atoms with van der Waals surface area (Å²) < 4.78 is 0. The fraction of sp³-hybridized carbons (Fsp3) is 0.333. The van der Waals surface area contributed by atoms with E-state index in [4.69, 9.17) is 0 Å². The zero-order valence-electron chi connectivity index (χ0n) is 3.31. The predicted molar refractivity (Wildman–Crippen MR) is 19.5 cm³/mol. The van der Waals surface area contributed by atoms with Gasteiger partial charge in [0.15, 0.2) is 0 Å². The van der Waals surface area contributed by atoms with E-state index in [0.717, 1.165) is 0 Å². The van der Waals surface area contributed by atoms with E-state index in [1.807, 2.05) is 0 Å². The van der Waals surface area contributed by atoms with Crippen molar-refractivity contribution < 1.29 is 32.7 Å². The molecule has 0 bridgehead atoms. The van der Waals surface area contributed by atoms with E-state index in [2.05, 4.69) is 11.9 Å². The average Bonchev–Trinajstić information content (AvgIpc) is 1.37.